The number of benzene rings is 2. The third kappa shape index (κ3) is 4.94. The first kappa shape index (κ1) is 21.7. The smallest absolute Gasteiger partial charge is 0.237 e. The number of aryl methyl sites for hydroxylation is 4. The molecule has 1 heterocycles. The fourth-order valence-corrected chi connectivity index (χ4v) is 3.84. The number of amides is 1. The molecule has 0 fully saturated rings. The highest BCUT2D eigenvalue weighted by molar-refractivity contribution is 8.00. The van der Waals surface area contributed by atoms with Gasteiger partial charge in [0.2, 0.25) is 11.1 Å². The van der Waals surface area contributed by atoms with Gasteiger partial charge in [-0.3, -0.25) is 4.79 Å². The highest BCUT2D eigenvalue weighted by atomic mass is 32.2. The van der Waals surface area contributed by atoms with Gasteiger partial charge in [-0.1, -0.05) is 47.7 Å². The number of aromatic nitrogens is 3. The lowest BCUT2D eigenvalue weighted by Gasteiger charge is -2.14. The van der Waals surface area contributed by atoms with Gasteiger partial charge in [0.25, 0.3) is 0 Å². The van der Waals surface area contributed by atoms with Crippen molar-refractivity contribution in [2.45, 2.75) is 51.6 Å². The topological polar surface area (TPSA) is 95.1 Å². The molecule has 3 N–H and O–H groups in total. The fourth-order valence-electron chi connectivity index (χ4n) is 3.05. The van der Waals surface area contributed by atoms with Gasteiger partial charge in [-0.25, -0.2) is 4.68 Å². The number of nitrogen functional groups attached to an aromatic ring is 1. The predicted molar refractivity (Wildman–Crippen MR) is 120 cm³/mol. The summed E-state index contributed by atoms with van der Waals surface area (Å²) >= 11 is 1.25. The fraction of sp³-hybridized carbons (Fsp3) is 0.318. The third-order valence-corrected chi connectivity index (χ3v) is 5.84. The number of ether oxygens (including phenoxy) is 1. The number of nitrogens with zero attached hydrogens (tertiary/aromatic N) is 3. The summed E-state index contributed by atoms with van der Waals surface area (Å²) in [5, 5.41) is 11.3. The summed E-state index contributed by atoms with van der Waals surface area (Å²) in [6.45, 7) is 9.98. The summed E-state index contributed by atoms with van der Waals surface area (Å²) in [6, 6.07) is 11.9. The van der Waals surface area contributed by atoms with E-state index in [-0.39, 0.29) is 12.5 Å². The van der Waals surface area contributed by atoms with Gasteiger partial charge < -0.3 is 15.9 Å². The van der Waals surface area contributed by atoms with Gasteiger partial charge >= 0.3 is 0 Å². The Morgan fingerprint density at radius 1 is 1.13 bits per heavy atom. The van der Waals surface area contributed by atoms with E-state index in [0.717, 1.165) is 33.7 Å². The number of nitrogens with one attached hydrogen (secondary N) is 1. The average molecular weight is 426 g/mol. The molecular weight excluding hydrogens is 398 g/mol. The van der Waals surface area contributed by atoms with Gasteiger partial charge in [0.1, 0.15) is 12.4 Å². The number of carbonyl (C=O) groups excluding carboxylic acids is 1. The third-order valence-electron chi connectivity index (χ3n) is 4.78. The first-order valence-corrected chi connectivity index (χ1v) is 10.6. The van der Waals surface area contributed by atoms with Crippen LogP contribution in [0.2, 0.25) is 0 Å². The highest BCUT2D eigenvalue weighted by Gasteiger charge is 2.20. The van der Waals surface area contributed by atoms with Gasteiger partial charge in [-0.05, 0) is 57.4 Å². The number of hydrogen-bond acceptors (Lipinski definition) is 6. The second kappa shape index (κ2) is 9.21. The van der Waals surface area contributed by atoms with Crippen LogP contribution < -0.4 is 15.9 Å². The van der Waals surface area contributed by atoms with Crippen LogP contribution in [0.5, 0.6) is 5.75 Å². The number of carbonyl (C=O) groups is 1. The number of rotatable bonds is 7. The molecule has 158 valence electrons. The molecule has 0 unspecified atom stereocenters. The molecule has 8 heteroatoms. The largest absolute Gasteiger partial charge is 0.485 e. The summed E-state index contributed by atoms with van der Waals surface area (Å²) in [5.74, 6) is 7.33. The average Bonchev–Trinajstić information content (AvgIpc) is 3.03. The zero-order valence-electron chi connectivity index (χ0n) is 17.9. The van der Waals surface area contributed by atoms with Crippen LogP contribution in [0, 0.1) is 27.7 Å². The minimum atomic E-state index is -0.399. The summed E-state index contributed by atoms with van der Waals surface area (Å²) < 4.78 is 7.28. The van der Waals surface area contributed by atoms with Crippen molar-refractivity contribution < 1.29 is 9.53 Å². The van der Waals surface area contributed by atoms with Crippen LogP contribution in [0.25, 0.3) is 0 Å². The molecule has 0 radical (unpaired) electrons. The number of thioether (sulfide) groups is 1. The zero-order chi connectivity index (χ0) is 21.8. The Hall–Kier alpha value is -3.00. The molecule has 1 amide bonds. The summed E-state index contributed by atoms with van der Waals surface area (Å²) in [7, 11) is 0. The Labute approximate surface area is 181 Å². The van der Waals surface area contributed by atoms with Crippen molar-refractivity contribution in [3.63, 3.8) is 0 Å². The Morgan fingerprint density at radius 3 is 2.50 bits per heavy atom. The first-order chi connectivity index (χ1) is 14.3. The van der Waals surface area contributed by atoms with Crippen LogP contribution in [0.1, 0.15) is 35.0 Å². The van der Waals surface area contributed by atoms with Crippen LogP contribution in [0.4, 0.5) is 5.69 Å². The second-order valence-corrected chi connectivity index (χ2v) is 8.65. The van der Waals surface area contributed by atoms with E-state index in [4.69, 9.17) is 10.6 Å². The molecule has 3 aromatic rings. The van der Waals surface area contributed by atoms with Gasteiger partial charge in [-0.15, -0.1) is 10.2 Å². The number of nitrogens with two attached hydrogens (primary N) is 1. The van der Waals surface area contributed by atoms with Crippen molar-refractivity contribution in [2.24, 2.45) is 0 Å². The minimum absolute atomic E-state index is 0.122. The summed E-state index contributed by atoms with van der Waals surface area (Å²) in [6.07, 6.45) is 0. The maximum Gasteiger partial charge on any atom is 0.237 e. The molecule has 2 aromatic carbocycles. The van der Waals surface area contributed by atoms with E-state index in [1.807, 2.05) is 71.0 Å². The Bertz CT molecular complexity index is 1040. The monoisotopic (exact) mass is 425 g/mol. The molecule has 0 aliphatic carbocycles. The second-order valence-electron chi connectivity index (χ2n) is 7.35. The SMILES string of the molecule is Cc1ccc(NC(=O)[C@@H](C)Sc2nnc(COc3c(C)cccc3C)n2N)c(C)c1. The van der Waals surface area contributed by atoms with Gasteiger partial charge in [0.15, 0.2) is 5.82 Å². The standard InChI is InChI=1S/C22H27N5O2S/c1-13-9-10-18(16(4)11-13)24-21(28)17(5)30-22-26-25-19(27(22)23)12-29-20-14(2)7-6-8-15(20)3/h6-11,17H,12,23H2,1-5H3,(H,24,28)/t17-/m1/s1. The van der Waals surface area contributed by atoms with E-state index in [1.54, 1.807) is 0 Å². The van der Waals surface area contributed by atoms with E-state index in [0.29, 0.717) is 11.0 Å². The van der Waals surface area contributed by atoms with Crippen molar-refractivity contribution >= 4 is 23.4 Å². The number of hydrogen-bond donors (Lipinski definition) is 2. The normalized spacial score (nSPS) is 11.9. The summed E-state index contributed by atoms with van der Waals surface area (Å²) in [5.41, 5.74) is 5.07. The maximum atomic E-state index is 12.6. The van der Waals surface area contributed by atoms with Crippen LogP contribution in [-0.2, 0) is 11.4 Å². The van der Waals surface area contributed by atoms with Crippen molar-refractivity contribution in [2.75, 3.05) is 11.2 Å². The van der Waals surface area contributed by atoms with E-state index < -0.39 is 5.25 Å². The van der Waals surface area contributed by atoms with Crippen molar-refractivity contribution in [3.05, 3.63) is 64.5 Å². The van der Waals surface area contributed by atoms with Crippen molar-refractivity contribution in [1.29, 1.82) is 0 Å². The lowest BCUT2D eigenvalue weighted by molar-refractivity contribution is -0.115. The van der Waals surface area contributed by atoms with Crippen LogP contribution in [0.3, 0.4) is 0 Å². The molecule has 0 spiro atoms. The Kier molecular flexibility index (Phi) is 6.66. The van der Waals surface area contributed by atoms with Crippen LogP contribution >= 0.6 is 11.8 Å². The van der Waals surface area contributed by atoms with Crippen LogP contribution in [-0.4, -0.2) is 26.0 Å². The molecule has 0 saturated carbocycles. The molecule has 0 bridgehead atoms. The number of anilines is 1. The maximum absolute atomic E-state index is 12.6. The predicted octanol–water partition coefficient (Wildman–Crippen LogP) is 3.92. The molecule has 0 aliphatic rings. The van der Waals surface area contributed by atoms with E-state index in [9.17, 15) is 4.79 Å². The molecule has 30 heavy (non-hydrogen) atoms. The highest BCUT2D eigenvalue weighted by Crippen LogP contribution is 2.25. The molecular formula is C22H27N5O2S. The molecule has 7 nitrogen and oxygen atoms in total. The zero-order valence-corrected chi connectivity index (χ0v) is 18.7. The molecule has 3 rings (SSSR count). The summed E-state index contributed by atoms with van der Waals surface area (Å²) in [4.78, 5) is 12.6. The van der Waals surface area contributed by atoms with E-state index >= 15 is 0 Å². The lowest BCUT2D eigenvalue weighted by atomic mass is 10.1. The molecule has 0 aliphatic heterocycles. The quantitative estimate of drug-likeness (QED) is 0.440. The minimum Gasteiger partial charge on any atom is -0.485 e. The van der Waals surface area contributed by atoms with E-state index in [2.05, 4.69) is 15.5 Å². The van der Waals surface area contributed by atoms with Crippen LogP contribution in [0.15, 0.2) is 41.6 Å². The number of para-hydroxylation sites is 1. The Balaban J connectivity index is 1.63. The van der Waals surface area contributed by atoms with Gasteiger partial charge in [0.05, 0.1) is 5.25 Å². The molecule has 0 saturated heterocycles. The molecule has 1 atom stereocenters. The van der Waals surface area contributed by atoms with Gasteiger partial charge in [-0.2, -0.15) is 0 Å². The first-order valence-electron chi connectivity index (χ1n) is 9.69. The van der Waals surface area contributed by atoms with Crippen molar-refractivity contribution in [3.8, 4) is 5.75 Å². The molecule has 1 aromatic heterocycles. The lowest BCUT2D eigenvalue weighted by Crippen LogP contribution is -2.24. The van der Waals surface area contributed by atoms with Crippen molar-refractivity contribution in [1.82, 2.24) is 14.9 Å². The van der Waals surface area contributed by atoms with E-state index in [1.165, 1.54) is 16.4 Å². The Morgan fingerprint density at radius 2 is 1.83 bits per heavy atom. The van der Waals surface area contributed by atoms with Gasteiger partial charge in [0, 0.05) is 5.69 Å².